The molecule has 0 N–H and O–H groups in total. The number of ketones is 1. The van der Waals surface area contributed by atoms with Crippen molar-refractivity contribution >= 4 is 5.78 Å². The third-order valence-corrected chi connectivity index (χ3v) is 2.85. The van der Waals surface area contributed by atoms with Crippen molar-refractivity contribution in [3.63, 3.8) is 0 Å². The Morgan fingerprint density at radius 1 is 1.16 bits per heavy atom. The number of Topliss-reactive ketones (excluding diaryl/α,β-unsaturated/α-hetero) is 1. The van der Waals surface area contributed by atoms with Gasteiger partial charge < -0.3 is 0 Å². The first-order chi connectivity index (χ1) is 8.89. The molecule has 2 nitrogen and oxygen atoms in total. The third kappa shape index (κ3) is 2.87. The van der Waals surface area contributed by atoms with Gasteiger partial charge in [-0.15, -0.1) is 0 Å². The van der Waals surface area contributed by atoms with Crippen LogP contribution in [0.15, 0.2) is 42.6 Å². The molecule has 0 saturated carbocycles. The SMILES string of the molecule is CC(C)(C)C(=O)c1ccnc(-c2ccccc2F)c1. The molecule has 3 heteroatoms. The predicted molar refractivity (Wildman–Crippen MR) is 73.4 cm³/mol. The van der Waals surface area contributed by atoms with Crippen molar-refractivity contribution in [3.05, 3.63) is 54.0 Å². The molecule has 0 saturated heterocycles. The van der Waals surface area contributed by atoms with Crippen LogP contribution in [-0.4, -0.2) is 10.8 Å². The van der Waals surface area contributed by atoms with Gasteiger partial charge in [-0.3, -0.25) is 9.78 Å². The molecule has 0 bridgehead atoms. The minimum atomic E-state index is -0.464. The zero-order valence-electron chi connectivity index (χ0n) is 11.3. The Morgan fingerprint density at radius 3 is 2.47 bits per heavy atom. The second-order valence-corrected chi connectivity index (χ2v) is 5.49. The molecule has 1 aromatic heterocycles. The normalized spacial score (nSPS) is 11.4. The molecular weight excluding hydrogens is 241 g/mol. The zero-order valence-corrected chi connectivity index (χ0v) is 11.3. The number of hydrogen-bond donors (Lipinski definition) is 0. The van der Waals surface area contributed by atoms with E-state index in [2.05, 4.69) is 4.98 Å². The highest BCUT2D eigenvalue weighted by atomic mass is 19.1. The first-order valence-electron chi connectivity index (χ1n) is 6.15. The van der Waals surface area contributed by atoms with Gasteiger partial charge in [0.25, 0.3) is 0 Å². The van der Waals surface area contributed by atoms with Crippen molar-refractivity contribution in [1.29, 1.82) is 0 Å². The molecular formula is C16H16FNO. The van der Waals surface area contributed by atoms with Gasteiger partial charge in [-0.05, 0) is 24.3 Å². The van der Waals surface area contributed by atoms with Gasteiger partial charge in [0.05, 0.1) is 5.69 Å². The molecule has 2 aromatic rings. The number of hydrogen-bond acceptors (Lipinski definition) is 2. The van der Waals surface area contributed by atoms with Crippen molar-refractivity contribution in [1.82, 2.24) is 4.98 Å². The van der Waals surface area contributed by atoms with E-state index in [0.717, 1.165) is 0 Å². The fraction of sp³-hybridized carbons (Fsp3) is 0.250. The van der Waals surface area contributed by atoms with Crippen LogP contribution in [0.25, 0.3) is 11.3 Å². The van der Waals surface area contributed by atoms with Crippen molar-refractivity contribution in [2.45, 2.75) is 20.8 Å². The standard InChI is InChI=1S/C16H16FNO/c1-16(2,3)15(19)11-8-9-18-14(10-11)12-6-4-5-7-13(12)17/h4-10H,1-3H3. The number of halogens is 1. The molecule has 0 atom stereocenters. The monoisotopic (exact) mass is 257 g/mol. The summed E-state index contributed by atoms with van der Waals surface area (Å²) in [5, 5.41) is 0. The molecule has 1 aromatic carbocycles. The van der Waals surface area contributed by atoms with Crippen LogP contribution in [0.3, 0.4) is 0 Å². The maximum Gasteiger partial charge on any atom is 0.168 e. The lowest BCUT2D eigenvalue weighted by atomic mass is 9.86. The van der Waals surface area contributed by atoms with E-state index < -0.39 is 5.41 Å². The van der Waals surface area contributed by atoms with Crippen LogP contribution in [0.1, 0.15) is 31.1 Å². The highest BCUT2D eigenvalue weighted by Gasteiger charge is 2.23. The Labute approximate surface area is 112 Å². The Kier molecular flexibility index (Phi) is 3.47. The smallest absolute Gasteiger partial charge is 0.168 e. The van der Waals surface area contributed by atoms with Crippen molar-refractivity contribution in [3.8, 4) is 11.3 Å². The molecule has 98 valence electrons. The van der Waals surface area contributed by atoms with E-state index in [0.29, 0.717) is 16.8 Å². The molecule has 0 aliphatic carbocycles. The van der Waals surface area contributed by atoms with Crippen LogP contribution < -0.4 is 0 Å². The molecule has 19 heavy (non-hydrogen) atoms. The largest absolute Gasteiger partial charge is 0.294 e. The van der Waals surface area contributed by atoms with E-state index in [-0.39, 0.29) is 11.6 Å². The second kappa shape index (κ2) is 4.92. The number of carbonyl (C=O) groups is 1. The Balaban J connectivity index is 2.47. The Morgan fingerprint density at radius 2 is 1.84 bits per heavy atom. The first kappa shape index (κ1) is 13.4. The average molecular weight is 257 g/mol. The van der Waals surface area contributed by atoms with Gasteiger partial charge in [0.1, 0.15) is 5.82 Å². The summed E-state index contributed by atoms with van der Waals surface area (Å²) in [6.45, 7) is 5.58. The first-order valence-corrected chi connectivity index (χ1v) is 6.15. The van der Waals surface area contributed by atoms with E-state index >= 15 is 0 Å². The quantitative estimate of drug-likeness (QED) is 0.757. The van der Waals surface area contributed by atoms with E-state index in [9.17, 15) is 9.18 Å². The minimum Gasteiger partial charge on any atom is -0.294 e. The summed E-state index contributed by atoms with van der Waals surface area (Å²) in [5.41, 5.74) is 0.980. The Hall–Kier alpha value is -2.03. The van der Waals surface area contributed by atoms with Crippen LogP contribution in [0.2, 0.25) is 0 Å². The topological polar surface area (TPSA) is 30.0 Å². The van der Waals surface area contributed by atoms with E-state index in [4.69, 9.17) is 0 Å². The lowest BCUT2D eigenvalue weighted by Crippen LogP contribution is -2.20. The third-order valence-electron chi connectivity index (χ3n) is 2.85. The summed E-state index contributed by atoms with van der Waals surface area (Å²) in [7, 11) is 0. The number of carbonyl (C=O) groups excluding carboxylic acids is 1. The highest BCUT2D eigenvalue weighted by Crippen LogP contribution is 2.25. The van der Waals surface area contributed by atoms with Gasteiger partial charge in [0, 0.05) is 22.7 Å². The molecule has 1 heterocycles. The molecule has 0 aliphatic rings. The molecule has 0 spiro atoms. The number of rotatable bonds is 2. The minimum absolute atomic E-state index is 0.0208. The van der Waals surface area contributed by atoms with Crippen molar-refractivity contribution in [2.75, 3.05) is 0 Å². The lowest BCUT2D eigenvalue weighted by molar-refractivity contribution is 0.0858. The van der Waals surface area contributed by atoms with Crippen LogP contribution in [0.5, 0.6) is 0 Å². The summed E-state index contributed by atoms with van der Waals surface area (Å²) >= 11 is 0. The zero-order chi connectivity index (χ0) is 14.0. The maximum absolute atomic E-state index is 13.7. The molecule has 0 aliphatic heterocycles. The summed E-state index contributed by atoms with van der Waals surface area (Å²) < 4.78 is 13.7. The average Bonchev–Trinajstić information content (AvgIpc) is 2.37. The van der Waals surface area contributed by atoms with E-state index in [1.165, 1.54) is 6.07 Å². The van der Waals surface area contributed by atoms with E-state index in [1.807, 2.05) is 20.8 Å². The number of nitrogens with zero attached hydrogens (tertiary/aromatic N) is 1. The predicted octanol–water partition coefficient (Wildman–Crippen LogP) is 4.12. The lowest BCUT2D eigenvalue weighted by Gasteiger charge is -2.16. The molecule has 2 rings (SSSR count). The number of benzene rings is 1. The van der Waals surface area contributed by atoms with Gasteiger partial charge in [0.2, 0.25) is 0 Å². The summed E-state index contributed by atoms with van der Waals surface area (Å²) in [6.07, 6.45) is 1.54. The van der Waals surface area contributed by atoms with Crippen LogP contribution in [0.4, 0.5) is 4.39 Å². The summed E-state index contributed by atoms with van der Waals surface area (Å²) in [5.74, 6) is -0.317. The van der Waals surface area contributed by atoms with Crippen molar-refractivity contribution in [2.24, 2.45) is 5.41 Å². The molecule has 0 fully saturated rings. The van der Waals surface area contributed by atoms with Gasteiger partial charge in [-0.25, -0.2) is 4.39 Å². The summed E-state index contributed by atoms with van der Waals surface area (Å²) in [6, 6.07) is 9.73. The fourth-order valence-electron chi connectivity index (χ4n) is 1.82. The molecule has 0 amide bonds. The maximum atomic E-state index is 13.7. The van der Waals surface area contributed by atoms with Gasteiger partial charge in [-0.1, -0.05) is 32.9 Å². The van der Waals surface area contributed by atoms with Gasteiger partial charge in [-0.2, -0.15) is 0 Å². The highest BCUT2D eigenvalue weighted by molar-refractivity contribution is 6.00. The van der Waals surface area contributed by atoms with Crippen LogP contribution in [0, 0.1) is 11.2 Å². The van der Waals surface area contributed by atoms with Crippen LogP contribution >= 0.6 is 0 Å². The second-order valence-electron chi connectivity index (χ2n) is 5.49. The molecule has 0 unspecified atom stereocenters. The fourth-order valence-corrected chi connectivity index (χ4v) is 1.82. The van der Waals surface area contributed by atoms with Gasteiger partial charge >= 0.3 is 0 Å². The van der Waals surface area contributed by atoms with Gasteiger partial charge in [0.15, 0.2) is 5.78 Å². The van der Waals surface area contributed by atoms with Crippen molar-refractivity contribution < 1.29 is 9.18 Å². The summed E-state index contributed by atoms with van der Waals surface area (Å²) in [4.78, 5) is 16.4. The number of pyridine rings is 1. The Bertz CT molecular complexity index is 614. The molecule has 0 radical (unpaired) electrons. The van der Waals surface area contributed by atoms with Crippen LogP contribution in [-0.2, 0) is 0 Å². The van der Waals surface area contributed by atoms with E-state index in [1.54, 1.807) is 36.5 Å². The number of aromatic nitrogens is 1.